The normalized spacial score (nSPS) is 19.1. The van der Waals surface area contributed by atoms with Gasteiger partial charge in [0.1, 0.15) is 11.6 Å². The summed E-state index contributed by atoms with van der Waals surface area (Å²) in [6, 6.07) is 7.04. The second kappa shape index (κ2) is 7.98. The maximum absolute atomic E-state index is 14.5. The van der Waals surface area contributed by atoms with E-state index in [9.17, 15) is 14.0 Å². The third kappa shape index (κ3) is 4.11. The van der Waals surface area contributed by atoms with Crippen LogP contribution < -0.4 is 10.6 Å². The van der Waals surface area contributed by atoms with Gasteiger partial charge in [-0.3, -0.25) is 14.7 Å². The lowest BCUT2D eigenvalue weighted by Gasteiger charge is -2.28. The second-order valence-corrected chi connectivity index (χ2v) is 7.44. The first-order valence-corrected chi connectivity index (χ1v) is 9.67. The number of H-pyrrole nitrogens is 1. The summed E-state index contributed by atoms with van der Waals surface area (Å²) < 4.78 is 14.5. The molecule has 3 N–H and O–H groups in total. The lowest BCUT2D eigenvalue weighted by Crippen LogP contribution is -2.40. The predicted octanol–water partition coefficient (Wildman–Crippen LogP) is 3.40. The van der Waals surface area contributed by atoms with E-state index in [0.717, 1.165) is 36.4 Å². The van der Waals surface area contributed by atoms with Gasteiger partial charge in [0, 0.05) is 29.8 Å². The Morgan fingerprint density at radius 2 is 2.07 bits per heavy atom. The van der Waals surface area contributed by atoms with Crippen LogP contribution >= 0.6 is 0 Å². The number of aromatic amines is 1. The van der Waals surface area contributed by atoms with Crippen molar-refractivity contribution < 1.29 is 14.0 Å². The van der Waals surface area contributed by atoms with Gasteiger partial charge in [0.15, 0.2) is 0 Å². The van der Waals surface area contributed by atoms with E-state index in [1.54, 1.807) is 18.3 Å². The summed E-state index contributed by atoms with van der Waals surface area (Å²) in [6.45, 7) is 1.48. The van der Waals surface area contributed by atoms with Crippen molar-refractivity contribution in [2.75, 3.05) is 5.32 Å². The molecule has 0 bridgehead atoms. The molecule has 8 heteroatoms. The van der Waals surface area contributed by atoms with Gasteiger partial charge in [-0.05, 0) is 37.0 Å². The van der Waals surface area contributed by atoms with Gasteiger partial charge in [-0.2, -0.15) is 5.10 Å². The van der Waals surface area contributed by atoms with Crippen molar-refractivity contribution in [3.05, 3.63) is 42.5 Å². The molecule has 1 saturated carbocycles. The number of pyridine rings is 1. The van der Waals surface area contributed by atoms with E-state index in [1.165, 1.54) is 6.92 Å². The van der Waals surface area contributed by atoms with E-state index in [-0.39, 0.29) is 23.8 Å². The molecule has 2 aromatic heterocycles. The highest BCUT2D eigenvalue weighted by Crippen LogP contribution is 2.31. The Balaban J connectivity index is 1.54. The predicted molar refractivity (Wildman–Crippen MR) is 107 cm³/mol. The highest BCUT2D eigenvalue weighted by molar-refractivity contribution is 5.96. The number of fused-ring (bicyclic) bond motifs is 1. The van der Waals surface area contributed by atoms with Gasteiger partial charge in [0.25, 0.3) is 0 Å². The molecule has 0 radical (unpaired) electrons. The third-order valence-electron chi connectivity index (χ3n) is 5.33. The second-order valence-electron chi connectivity index (χ2n) is 7.44. The molecule has 29 heavy (non-hydrogen) atoms. The summed E-state index contributed by atoms with van der Waals surface area (Å²) in [7, 11) is 0. The number of nitrogens with one attached hydrogen (secondary N) is 3. The average molecular weight is 395 g/mol. The number of nitrogens with zero attached hydrogens (tertiary/aromatic N) is 2. The van der Waals surface area contributed by atoms with Crippen molar-refractivity contribution >= 4 is 28.5 Å². The summed E-state index contributed by atoms with van der Waals surface area (Å²) in [5.74, 6) is -0.636. The molecule has 2 atom stereocenters. The van der Waals surface area contributed by atoms with Crippen molar-refractivity contribution in [1.82, 2.24) is 20.5 Å². The van der Waals surface area contributed by atoms with Gasteiger partial charge < -0.3 is 10.6 Å². The quantitative estimate of drug-likeness (QED) is 0.630. The van der Waals surface area contributed by atoms with Crippen LogP contribution in [0.5, 0.6) is 0 Å². The summed E-state index contributed by atoms with van der Waals surface area (Å²) >= 11 is 0. The van der Waals surface area contributed by atoms with Crippen LogP contribution in [0.15, 0.2) is 36.7 Å². The molecule has 7 nitrogen and oxygen atoms in total. The minimum Gasteiger partial charge on any atom is -0.354 e. The standard InChI is InChI=1S/C21H22FN5O2/c1-12(28)25-14-5-2-4-13(8-14)21(29)26-20-9-16(18(22)11-23-20)15-6-3-7-19-17(15)10-24-27-19/h3,6-7,9-11,13-14H,2,4-5,8H2,1H3,(H,24,27)(H,25,28)(H,23,26,29). The van der Waals surface area contributed by atoms with Gasteiger partial charge in [0.2, 0.25) is 11.8 Å². The maximum Gasteiger partial charge on any atom is 0.228 e. The van der Waals surface area contributed by atoms with Crippen LogP contribution in [0.25, 0.3) is 22.0 Å². The fourth-order valence-corrected chi connectivity index (χ4v) is 3.99. The minimum absolute atomic E-state index is 0.00688. The Bertz CT molecular complexity index is 1060. The van der Waals surface area contributed by atoms with Crippen LogP contribution in [0.3, 0.4) is 0 Å². The highest BCUT2D eigenvalue weighted by atomic mass is 19.1. The molecule has 1 fully saturated rings. The number of aromatic nitrogens is 3. The highest BCUT2D eigenvalue weighted by Gasteiger charge is 2.28. The number of carbonyl (C=O) groups is 2. The van der Waals surface area contributed by atoms with E-state index in [1.807, 2.05) is 12.1 Å². The van der Waals surface area contributed by atoms with Crippen LogP contribution in [0.2, 0.25) is 0 Å². The zero-order valence-electron chi connectivity index (χ0n) is 16.0. The van der Waals surface area contributed by atoms with Crippen molar-refractivity contribution in [3.8, 4) is 11.1 Å². The van der Waals surface area contributed by atoms with E-state index in [2.05, 4.69) is 25.8 Å². The summed E-state index contributed by atoms with van der Waals surface area (Å²) in [6.07, 6.45) is 5.85. The van der Waals surface area contributed by atoms with Gasteiger partial charge in [-0.1, -0.05) is 18.6 Å². The molecule has 0 aliphatic heterocycles. The lowest BCUT2D eigenvalue weighted by atomic mass is 9.85. The van der Waals surface area contributed by atoms with Crippen molar-refractivity contribution in [2.24, 2.45) is 5.92 Å². The zero-order valence-corrected chi connectivity index (χ0v) is 16.0. The number of rotatable bonds is 4. The van der Waals surface area contributed by atoms with Gasteiger partial charge >= 0.3 is 0 Å². The van der Waals surface area contributed by atoms with Crippen LogP contribution in [-0.2, 0) is 9.59 Å². The van der Waals surface area contributed by atoms with Crippen molar-refractivity contribution in [2.45, 2.75) is 38.6 Å². The van der Waals surface area contributed by atoms with Crippen LogP contribution in [-0.4, -0.2) is 33.0 Å². The molecule has 1 aliphatic rings. The topological polar surface area (TPSA) is 99.8 Å². The number of amides is 2. The Hall–Kier alpha value is -3.29. The van der Waals surface area contributed by atoms with Crippen LogP contribution in [0.4, 0.5) is 10.2 Å². The minimum atomic E-state index is -0.472. The van der Waals surface area contributed by atoms with E-state index in [0.29, 0.717) is 23.4 Å². The summed E-state index contributed by atoms with van der Waals surface area (Å²) in [5, 5.41) is 13.4. The number of benzene rings is 1. The number of hydrogen-bond acceptors (Lipinski definition) is 4. The average Bonchev–Trinajstić information content (AvgIpc) is 3.18. The number of anilines is 1. The first kappa shape index (κ1) is 19.0. The molecule has 0 spiro atoms. The molecule has 4 rings (SSSR count). The van der Waals surface area contributed by atoms with E-state index < -0.39 is 5.82 Å². The maximum atomic E-state index is 14.5. The van der Waals surface area contributed by atoms with Crippen LogP contribution in [0, 0.1) is 11.7 Å². The lowest BCUT2D eigenvalue weighted by molar-refractivity contribution is -0.123. The first-order valence-electron chi connectivity index (χ1n) is 9.67. The molecular weight excluding hydrogens is 373 g/mol. The smallest absolute Gasteiger partial charge is 0.228 e. The molecule has 0 saturated heterocycles. The fraction of sp³-hybridized carbons (Fsp3) is 0.333. The van der Waals surface area contributed by atoms with E-state index in [4.69, 9.17) is 0 Å². The zero-order chi connectivity index (χ0) is 20.4. The first-order chi connectivity index (χ1) is 14.0. The third-order valence-corrected chi connectivity index (χ3v) is 5.33. The van der Waals surface area contributed by atoms with Crippen molar-refractivity contribution in [3.63, 3.8) is 0 Å². The van der Waals surface area contributed by atoms with Crippen LogP contribution in [0.1, 0.15) is 32.6 Å². The molecule has 1 aliphatic carbocycles. The Morgan fingerprint density at radius 3 is 2.90 bits per heavy atom. The summed E-state index contributed by atoms with van der Waals surface area (Å²) in [5.41, 5.74) is 1.83. The largest absolute Gasteiger partial charge is 0.354 e. The van der Waals surface area contributed by atoms with Crippen molar-refractivity contribution in [1.29, 1.82) is 0 Å². The molecule has 2 amide bonds. The molecular formula is C21H22FN5O2. The number of hydrogen-bond donors (Lipinski definition) is 3. The monoisotopic (exact) mass is 395 g/mol. The summed E-state index contributed by atoms with van der Waals surface area (Å²) in [4.78, 5) is 28.1. The molecule has 2 unspecified atom stereocenters. The molecule has 1 aromatic carbocycles. The van der Waals surface area contributed by atoms with Gasteiger partial charge in [-0.25, -0.2) is 9.37 Å². The molecule has 2 heterocycles. The Labute approximate surface area is 167 Å². The number of carbonyl (C=O) groups excluding carboxylic acids is 2. The van der Waals surface area contributed by atoms with Gasteiger partial charge in [0.05, 0.1) is 17.9 Å². The van der Waals surface area contributed by atoms with Gasteiger partial charge in [-0.15, -0.1) is 0 Å². The number of halogens is 1. The molecule has 3 aromatic rings. The fourth-order valence-electron chi connectivity index (χ4n) is 3.99. The SMILES string of the molecule is CC(=O)NC1CCCC(C(=O)Nc2cc(-c3cccc4[nH]ncc34)c(F)cn2)C1. The van der Waals surface area contributed by atoms with E-state index >= 15 is 0 Å². The molecule has 150 valence electrons. The Kier molecular flexibility index (Phi) is 5.24. The Morgan fingerprint density at radius 1 is 1.21 bits per heavy atom.